The third-order valence-corrected chi connectivity index (χ3v) is 1.80. The van der Waals surface area contributed by atoms with Crippen LogP contribution in [0.2, 0.25) is 0 Å². The van der Waals surface area contributed by atoms with Gasteiger partial charge in [0.05, 0.1) is 13.0 Å². The SMILES string of the molecule is CCCOC(=O)Cc1ccc(N)cc1. The second-order valence-electron chi connectivity index (χ2n) is 3.14. The van der Waals surface area contributed by atoms with E-state index in [0.717, 1.165) is 12.0 Å². The molecule has 1 rings (SSSR count). The average molecular weight is 193 g/mol. The van der Waals surface area contributed by atoms with Gasteiger partial charge in [-0.1, -0.05) is 19.1 Å². The zero-order valence-electron chi connectivity index (χ0n) is 8.32. The Bertz CT molecular complexity index is 293. The van der Waals surface area contributed by atoms with Crippen LogP contribution in [0.5, 0.6) is 0 Å². The van der Waals surface area contributed by atoms with Gasteiger partial charge < -0.3 is 10.5 Å². The third-order valence-electron chi connectivity index (χ3n) is 1.80. The lowest BCUT2D eigenvalue weighted by atomic mass is 10.1. The van der Waals surface area contributed by atoms with Crippen LogP contribution in [0.3, 0.4) is 0 Å². The summed E-state index contributed by atoms with van der Waals surface area (Å²) in [4.78, 5) is 11.2. The molecule has 0 aliphatic heterocycles. The summed E-state index contributed by atoms with van der Waals surface area (Å²) in [5.74, 6) is -0.184. The van der Waals surface area contributed by atoms with Gasteiger partial charge in [-0.25, -0.2) is 0 Å². The van der Waals surface area contributed by atoms with E-state index in [1.165, 1.54) is 0 Å². The van der Waals surface area contributed by atoms with E-state index < -0.39 is 0 Å². The summed E-state index contributed by atoms with van der Waals surface area (Å²) in [7, 11) is 0. The Morgan fingerprint density at radius 2 is 2.00 bits per heavy atom. The molecule has 1 aromatic rings. The van der Waals surface area contributed by atoms with Gasteiger partial charge in [0.25, 0.3) is 0 Å². The molecule has 0 bridgehead atoms. The van der Waals surface area contributed by atoms with Crippen molar-refractivity contribution in [1.82, 2.24) is 0 Å². The lowest BCUT2D eigenvalue weighted by Gasteiger charge is -2.03. The second-order valence-corrected chi connectivity index (χ2v) is 3.14. The first-order chi connectivity index (χ1) is 6.72. The van der Waals surface area contributed by atoms with Crippen LogP contribution < -0.4 is 5.73 Å². The zero-order chi connectivity index (χ0) is 10.4. The van der Waals surface area contributed by atoms with Crippen molar-refractivity contribution >= 4 is 11.7 Å². The molecule has 0 aromatic heterocycles. The molecule has 0 heterocycles. The van der Waals surface area contributed by atoms with Gasteiger partial charge in [-0.3, -0.25) is 4.79 Å². The zero-order valence-corrected chi connectivity index (χ0v) is 8.32. The molecule has 14 heavy (non-hydrogen) atoms. The van der Waals surface area contributed by atoms with Crippen molar-refractivity contribution in [2.24, 2.45) is 0 Å². The highest BCUT2D eigenvalue weighted by Gasteiger charge is 2.03. The van der Waals surface area contributed by atoms with Gasteiger partial charge in [-0.15, -0.1) is 0 Å². The molecule has 0 spiro atoms. The number of nitrogens with two attached hydrogens (primary N) is 1. The van der Waals surface area contributed by atoms with Crippen molar-refractivity contribution in [2.45, 2.75) is 19.8 Å². The number of rotatable bonds is 4. The molecule has 0 atom stereocenters. The van der Waals surface area contributed by atoms with Gasteiger partial charge in [0.1, 0.15) is 0 Å². The molecule has 3 heteroatoms. The highest BCUT2D eigenvalue weighted by Crippen LogP contribution is 2.06. The topological polar surface area (TPSA) is 52.3 Å². The molecule has 3 nitrogen and oxygen atoms in total. The van der Waals surface area contributed by atoms with Gasteiger partial charge in [0, 0.05) is 5.69 Å². The Morgan fingerprint density at radius 3 is 2.57 bits per heavy atom. The normalized spacial score (nSPS) is 9.79. The number of nitrogen functional groups attached to an aromatic ring is 1. The number of hydrogen-bond acceptors (Lipinski definition) is 3. The molecule has 0 fully saturated rings. The van der Waals surface area contributed by atoms with Gasteiger partial charge in [-0.2, -0.15) is 0 Å². The maximum Gasteiger partial charge on any atom is 0.310 e. The van der Waals surface area contributed by atoms with E-state index >= 15 is 0 Å². The molecule has 0 unspecified atom stereocenters. The summed E-state index contributed by atoms with van der Waals surface area (Å²) in [5.41, 5.74) is 7.16. The maximum absolute atomic E-state index is 11.2. The minimum Gasteiger partial charge on any atom is -0.465 e. The van der Waals surface area contributed by atoms with Crippen molar-refractivity contribution in [1.29, 1.82) is 0 Å². The van der Waals surface area contributed by atoms with Crippen molar-refractivity contribution in [3.8, 4) is 0 Å². The molecule has 0 aliphatic carbocycles. The fourth-order valence-electron chi connectivity index (χ4n) is 1.07. The Labute approximate surface area is 83.9 Å². The van der Waals surface area contributed by atoms with Crippen molar-refractivity contribution < 1.29 is 9.53 Å². The molecule has 0 saturated heterocycles. The summed E-state index contributed by atoms with van der Waals surface area (Å²) >= 11 is 0. The highest BCUT2D eigenvalue weighted by molar-refractivity contribution is 5.72. The summed E-state index contributed by atoms with van der Waals surface area (Å²) in [5, 5.41) is 0. The summed E-state index contributed by atoms with van der Waals surface area (Å²) < 4.78 is 4.96. The smallest absolute Gasteiger partial charge is 0.310 e. The summed E-state index contributed by atoms with van der Waals surface area (Å²) in [6, 6.07) is 7.23. The van der Waals surface area contributed by atoms with Crippen LogP contribution in [0.1, 0.15) is 18.9 Å². The Balaban J connectivity index is 2.44. The number of carbonyl (C=O) groups excluding carboxylic acids is 1. The number of anilines is 1. The summed E-state index contributed by atoms with van der Waals surface area (Å²) in [6.07, 6.45) is 1.17. The van der Waals surface area contributed by atoms with Gasteiger partial charge >= 0.3 is 5.97 Å². The third kappa shape index (κ3) is 3.47. The number of hydrogen-bond donors (Lipinski definition) is 1. The predicted octanol–water partition coefficient (Wildman–Crippen LogP) is 1.76. The molecular formula is C11H15NO2. The minimum absolute atomic E-state index is 0.184. The van der Waals surface area contributed by atoms with Gasteiger partial charge in [0.15, 0.2) is 0 Å². The molecule has 2 N–H and O–H groups in total. The van der Waals surface area contributed by atoms with E-state index in [-0.39, 0.29) is 5.97 Å². The van der Waals surface area contributed by atoms with E-state index in [2.05, 4.69) is 0 Å². The van der Waals surface area contributed by atoms with Crippen LogP contribution in [-0.4, -0.2) is 12.6 Å². The quantitative estimate of drug-likeness (QED) is 0.585. The first-order valence-corrected chi connectivity index (χ1v) is 4.72. The largest absolute Gasteiger partial charge is 0.465 e. The first kappa shape index (κ1) is 10.6. The molecule has 0 saturated carbocycles. The molecule has 0 aliphatic rings. The molecule has 0 radical (unpaired) electrons. The van der Waals surface area contributed by atoms with Crippen LogP contribution in [-0.2, 0) is 16.0 Å². The van der Waals surface area contributed by atoms with Crippen LogP contribution in [0.15, 0.2) is 24.3 Å². The summed E-state index contributed by atoms with van der Waals surface area (Å²) in [6.45, 7) is 2.46. The minimum atomic E-state index is -0.184. The predicted molar refractivity (Wildman–Crippen MR) is 55.8 cm³/mol. The van der Waals surface area contributed by atoms with Crippen LogP contribution in [0.25, 0.3) is 0 Å². The highest BCUT2D eigenvalue weighted by atomic mass is 16.5. The monoisotopic (exact) mass is 193 g/mol. The van der Waals surface area contributed by atoms with Crippen LogP contribution in [0.4, 0.5) is 5.69 Å². The van der Waals surface area contributed by atoms with Crippen molar-refractivity contribution in [3.63, 3.8) is 0 Å². The molecule has 1 aromatic carbocycles. The lowest BCUT2D eigenvalue weighted by Crippen LogP contribution is -2.08. The second kappa shape index (κ2) is 5.27. The molecular weight excluding hydrogens is 178 g/mol. The number of carbonyl (C=O) groups is 1. The van der Waals surface area contributed by atoms with E-state index in [0.29, 0.717) is 18.7 Å². The molecule has 0 amide bonds. The fraction of sp³-hybridized carbons (Fsp3) is 0.364. The molecule has 76 valence electrons. The number of benzene rings is 1. The standard InChI is InChI=1S/C11H15NO2/c1-2-7-14-11(13)8-9-3-5-10(12)6-4-9/h3-6H,2,7-8,12H2,1H3. The van der Waals surface area contributed by atoms with Crippen molar-refractivity contribution in [3.05, 3.63) is 29.8 Å². The number of esters is 1. The van der Waals surface area contributed by atoms with Gasteiger partial charge in [-0.05, 0) is 24.1 Å². The van der Waals surface area contributed by atoms with E-state index in [4.69, 9.17) is 10.5 Å². The Morgan fingerprint density at radius 1 is 1.36 bits per heavy atom. The van der Waals surface area contributed by atoms with Crippen LogP contribution >= 0.6 is 0 Å². The fourth-order valence-corrected chi connectivity index (χ4v) is 1.07. The Hall–Kier alpha value is -1.51. The Kier molecular flexibility index (Phi) is 3.98. The van der Waals surface area contributed by atoms with E-state index in [9.17, 15) is 4.79 Å². The van der Waals surface area contributed by atoms with Gasteiger partial charge in [0.2, 0.25) is 0 Å². The van der Waals surface area contributed by atoms with E-state index in [1.54, 1.807) is 12.1 Å². The lowest BCUT2D eigenvalue weighted by molar-refractivity contribution is -0.142. The maximum atomic E-state index is 11.2. The first-order valence-electron chi connectivity index (χ1n) is 4.72. The average Bonchev–Trinajstić information content (AvgIpc) is 2.18. The van der Waals surface area contributed by atoms with Crippen LogP contribution in [0, 0.1) is 0 Å². The van der Waals surface area contributed by atoms with E-state index in [1.807, 2.05) is 19.1 Å². The van der Waals surface area contributed by atoms with Crippen molar-refractivity contribution in [2.75, 3.05) is 12.3 Å². The number of ether oxygens (including phenoxy) is 1.